The van der Waals surface area contributed by atoms with Crippen LogP contribution in [-0.4, -0.2) is 146 Å². The molecule has 2 saturated carbocycles. The molecular formula is C51H64Cl4N12O11S. The van der Waals surface area contributed by atoms with Crippen molar-refractivity contribution < 1.29 is 51.1 Å². The van der Waals surface area contributed by atoms with Crippen LogP contribution >= 0.6 is 46.4 Å². The number of phenolic OH excluding ortho intramolecular Hbond substituents is 1. The highest BCUT2D eigenvalue weighted by Gasteiger charge is 2.38. The molecule has 79 heavy (non-hydrogen) atoms. The van der Waals surface area contributed by atoms with E-state index in [2.05, 4.69) is 34.8 Å². The molecule has 2 aliphatic carbocycles. The summed E-state index contributed by atoms with van der Waals surface area (Å²) in [5.74, 6) is 0.692. The molecular weight excluding hydrogens is 1130 g/mol. The Balaban J connectivity index is 0.000000169. The summed E-state index contributed by atoms with van der Waals surface area (Å²) < 4.78 is 42.9. The van der Waals surface area contributed by atoms with Gasteiger partial charge in [-0.15, -0.1) is 0 Å². The van der Waals surface area contributed by atoms with E-state index in [1.54, 1.807) is 47.6 Å². The smallest absolute Gasteiger partial charge is 0.410 e. The standard InChI is InChI=1S/C25H30Cl2N6O4.C16H15Cl2N5O2.C10H19NO5S/c1-25(2,3)37-24(35)33-8-13(9-33)12-36-19-7-14(26)6-17(27)20(19)21-16-10-32(23(34)29-15-4-5-15)11-18(16)30-22(28)31-21;17-7-3-10(18)13(12(24)4-7)14-9-5-23(16(25)20-8-1-2-8)6-11(9)21-15(19)22-14;1-10(2,3)16-9(12)11-5-8(6-11)7-15-17(4,13)14/h6-7,13,15H,4-5,8-12H2,1-3H3,(H,29,34)(H2,28,30,31);3-4,8,24H,1-2,5-6H2,(H,20,25)(H2,19,21,22);8H,5-7H2,1-4H3. The normalized spacial score (nSPS) is 17.0. The Kier molecular flexibility index (Phi) is 17.6. The second kappa shape index (κ2) is 23.6. The van der Waals surface area contributed by atoms with Crippen LogP contribution in [0.1, 0.15) is 89.7 Å². The number of anilines is 2. The minimum Gasteiger partial charge on any atom is -0.507 e. The Bertz CT molecular complexity index is 3100. The highest BCUT2D eigenvalue weighted by atomic mass is 35.5. The lowest BCUT2D eigenvalue weighted by Gasteiger charge is -2.39. The summed E-state index contributed by atoms with van der Waals surface area (Å²) in [7, 11) is -3.40. The van der Waals surface area contributed by atoms with Crippen LogP contribution in [0.15, 0.2) is 24.3 Å². The number of likely N-dealkylation sites (tertiary alicyclic amines) is 2. The number of phenols is 1. The molecule has 6 amide bonds. The number of urea groups is 2. The molecule has 7 N–H and O–H groups in total. The summed E-state index contributed by atoms with van der Waals surface area (Å²) >= 11 is 25.1. The number of nitrogens with two attached hydrogens (primary N) is 2. The maximum atomic E-state index is 12.7. The number of nitrogens with one attached hydrogen (secondary N) is 2. The molecule has 6 aliphatic rings. The van der Waals surface area contributed by atoms with Crippen molar-refractivity contribution in [1.82, 2.24) is 50.2 Å². The van der Waals surface area contributed by atoms with Crippen molar-refractivity contribution >= 4 is 92.7 Å². The van der Waals surface area contributed by atoms with Crippen LogP contribution in [0.3, 0.4) is 0 Å². The molecule has 0 bridgehead atoms. The average Bonchev–Trinajstić information content (AvgIpc) is 4.27. The lowest BCUT2D eigenvalue weighted by molar-refractivity contribution is -0.00845. The van der Waals surface area contributed by atoms with Gasteiger partial charge in [0.2, 0.25) is 11.9 Å². The van der Waals surface area contributed by atoms with Gasteiger partial charge in [-0.1, -0.05) is 46.4 Å². The van der Waals surface area contributed by atoms with E-state index in [4.69, 9.17) is 72.1 Å². The molecule has 0 spiro atoms. The van der Waals surface area contributed by atoms with Gasteiger partial charge in [-0.25, -0.2) is 39.1 Å². The first-order valence-electron chi connectivity index (χ1n) is 25.5. The first-order chi connectivity index (χ1) is 36.9. The molecule has 28 heteroatoms. The Hall–Kier alpha value is -6.05. The van der Waals surface area contributed by atoms with Gasteiger partial charge < -0.3 is 61.0 Å². The van der Waals surface area contributed by atoms with Crippen LogP contribution in [0, 0.1) is 11.8 Å². The quantitative estimate of drug-likeness (QED) is 0.0934. The van der Waals surface area contributed by atoms with Crippen molar-refractivity contribution in [3.8, 4) is 34.0 Å². The van der Waals surface area contributed by atoms with Gasteiger partial charge in [0, 0.05) is 71.3 Å². The molecule has 4 aliphatic heterocycles. The third kappa shape index (κ3) is 15.9. The van der Waals surface area contributed by atoms with Crippen LogP contribution in [0.25, 0.3) is 22.5 Å². The number of fused-ring (bicyclic) bond motifs is 2. The van der Waals surface area contributed by atoms with Crippen molar-refractivity contribution in [3.05, 3.63) is 66.9 Å². The number of carbonyl (C=O) groups excluding carboxylic acids is 4. The molecule has 6 heterocycles. The highest BCUT2D eigenvalue weighted by molar-refractivity contribution is 7.86. The number of rotatable bonds is 10. The van der Waals surface area contributed by atoms with Crippen molar-refractivity contribution in [1.29, 1.82) is 0 Å². The first kappa shape index (κ1) is 59.1. The van der Waals surface area contributed by atoms with Crippen LogP contribution < -0.4 is 26.8 Å². The molecule has 0 radical (unpaired) electrons. The van der Waals surface area contributed by atoms with E-state index in [-0.39, 0.29) is 77.4 Å². The van der Waals surface area contributed by atoms with Crippen LogP contribution in [0.4, 0.5) is 31.1 Å². The van der Waals surface area contributed by atoms with Gasteiger partial charge in [0.05, 0.1) is 89.6 Å². The molecule has 23 nitrogen and oxygen atoms in total. The van der Waals surface area contributed by atoms with Crippen molar-refractivity contribution in [2.45, 2.75) is 117 Å². The van der Waals surface area contributed by atoms with E-state index in [1.165, 1.54) is 17.0 Å². The third-order valence-electron chi connectivity index (χ3n) is 12.7. The zero-order valence-corrected chi connectivity index (χ0v) is 48.5. The first-order valence-corrected chi connectivity index (χ1v) is 28.8. The Morgan fingerprint density at radius 3 is 1.47 bits per heavy atom. The number of aromatic nitrogens is 4. The van der Waals surface area contributed by atoms with Crippen LogP contribution in [-0.2, 0) is 50.0 Å². The van der Waals surface area contributed by atoms with E-state index in [9.17, 15) is 32.7 Å². The van der Waals surface area contributed by atoms with E-state index in [0.717, 1.165) is 43.1 Å². The predicted octanol–water partition coefficient (Wildman–Crippen LogP) is 8.22. The fourth-order valence-electron chi connectivity index (χ4n) is 8.65. The van der Waals surface area contributed by atoms with Crippen LogP contribution in [0.5, 0.6) is 11.5 Å². The van der Waals surface area contributed by atoms with Gasteiger partial charge in [0.15, 0.2) is 0 Å². The summed E-state index contributed by atoms with van der Waals surface area (Å²) in [5.41, 5.74) is 15.5. The van der Waals surface area contributed by atoms with Gasteiger partial charge in [-0.05, 0) is 91.5 Å². The van der Waals surface area contributed by atoms with Crippen molar-refractivity contribution in [2.24, 2.45) is 11.8 Å². The predicted molar refractivity (Wildman–Crippen MR) is 296 cm³/mol. The Morgan fingerprint density at radius 2 is 1.05 bits per heavy atom. The molecule has 0 atom stereocenters. The van der Waals surface area contributed by atoms with Gasteiger partial charge in [-0.3, -0.25) is 4.18 Å². The molecule has 0 unspecified atom stereocenters. The fourth-order valence-corrected chi connectivity index (χ4v) is 10.2. The third-order valence-corrected chi connectivity index (χ3v) is 14.3. The zero-order valence-electron chi connectivity index (χ0n) is 44.7. The van der Waals surface area contributed by atoms with E-state index < -0.39 is 21.3 Å². The molecule has 2 saturated heterocycles. The number of amides is 6. The molecule has 4 aromatic rings. The highest BCUT2D eigenvalue weighted by Crippen LogP contribution is 2.44. The maximum Gasteiger partial charge on any atom is 0.410 e. The Labute approximate surface area is 478 Å². The topological polar surface area (TPSA) is 300 Å². The van der Waals surface area contributed by atoms with Gasteiger partial charge in [0.1, 0.15) is 22.7 Å². The van der Waals surface area contributed by atoms with Crippen molar-refractivity contribution in [2.75, 3.05) is 57.1 Å². The fraction of sp³-hybridized carbons (Fsp3) is 0.529. The lowest BCUT2D eigenvalue weighted by atomic mass is 10.0. The number of halogens is 4. The number of carbonyl (C=O) groups is 4. The van der Waals surface area contributed by atoms with E-state index in [1.807, 2.05) is 20.8 Å². The molecule has 2 aromatic carbocycles. The summed E-state index contributed by atoms with van der Waals surface area (Å²) in [6.07, 6.45) is 4.34. The lowest BCUT2D eigenvalue weighted by Crippen LogP contribution is -2.53. The number of nitrogens with zero attached hydrogens (tertiary/aromatic N) is 8. The summed E-state index contributed by atoms with van der Waals surface area (Å²) in [6, 6.07) is 6.45. The van der Waals surface area contributed by atoms with Crippen LogP contribution in [0.2, 0.25) is 20.1 Å². The number of aromatic hydroxyl groups is 1. The van der Waals surface area contributed by atoms with E-state index in [0.29, 0.717) is 114 Å². The van der Waals surface area contributed by atoms with Gasteiger partial charge in [-0.2, -0.15) is 8.42 Å². The number of ether oxygens (including phenoxy) is 3. The number of nitrogen functional groups attached to an aromatic ring is 2. The zero-order chi connectivity index (χ0) is 57.5. The molecule has 10 rings (SSSR count). The number of hydrogen-bond acceptors (Lipinski definition) is 17. The summed E-state index contributed by atoms with van der Waals surface area (Å²) in [5, 5.41) is 17.6. The molecule has 428 valence electrons. The summed E-state index contributed by atoms with van der Waals surface area (Å²) in [6.45, 7) is 14.7. The summed E-state index contributed by atoms with van der Waals surface area (Å²) in [4.78, 5) is 72.6. The average molecular weight is 1200 g/mol. The Morgan fingerprint density at radius 1 is 0.633 bits per heavy atom. The minimum atomic E-state index is -3.40. The maximum absolute atomic E-state index is 12.7. The molecule has 4 fully saturated rings. The SMILES string of the molecule is CC(C)(C)OC(=O)N1CC(COS(C)(=O)=O)C1.CC(C)(C)OC(=O)N1CC(COc2cc(Cl)cc(Cl)c2-c2nc(N)nc3c2CN(C(=O)NC2CC2)C3)C1.Nc1nc2c(c(-c3c(O)cc(Cl)cc3Cl)n1)CN(C(=O)NC1CC1)C2. The van der Waals surface area contributed by atoms with Gasteiger partial charge >= 0.3 is 24.2 Å². The monoisotopic (exact) mass is 1190 g/mol. The van der Waals surface area contributed by atoms with Gasteiger partial charge in [0.25, 0.3) is 10.1 Å². The number of benzene rings is 2. The van der Waals surface area contributed by atoms with Crippen molar-refractivity contribution in [3.63, 3.8) is 0 Å². The number of hydrogen-bond donors (Lipinski definition) is 5. The second-order valence-corrected chi connectivity index (χ2v) is 25.5. The minimum absolute atomic E-state index is 0.0589. The largest absolute Gasteiger partial charge is 0.507 e. The van der Waals surface area contributed by atoms with E-state index >= 15 is 0 Å². The molecule has 2 aromatic heterocycles. The second-order valence-electron chi connectivity index (χ2n) is 22.2.